The van der Waals surface area contributed by atoms with E-state index in [0.717, 1.165) is 80.6 Å². The summed E-state index contributed by atoms with van der Waals surface area (Å²) in [6, 6.07) is 20.2. The molecular formula is C40H42ClN7O7S. The molecule has 3 aliphatic rings. The lowest BCUT2D eigenvalue weighted by atomic mass is 9.72. The number of carbonyl (C=O) groups is 1. The number of likely N-dealkylation sites (tertiary alicyclic amines) is 1. The van der Waals surface area contributed by atoms with Crippen molar-refractivity contribution in [2.45, 2.75) is 37.1 Å². The van der Waals surface area contributed by atoms with E-state index in [1.54, 1.807) is 30.5 Å². The normalized spacial score (nSPS) is 17.4. The van der Waals surface area contributed by atoms with Gasteiger partial charge in [0.15, 0.2) is 0 Å². The number of benzene rings is 3. The number of nitrogens with one attached hydrogen (secondary N) is 3. The van der Waals surface area contributed by atoms with E-state index in [2.05, 4.69) is 41.9 Å². The third-order valence-corrected chi connectivity index (χ3v) is 12.6. The van der Waals surface area contributed by atoms with Gasteiger partial charge in [-0.2, -0.15) is 0 Å². The quantitative estimate of drug-likeness (QED) is 0.0879. The number of ether oxygens (including phenoxy) is 2. The van der Waals surface area contributed by atoms with Crippen LogP contribution in [0.3, 0.4) is 0 Å². The fourth-order valence-electron chi connectivity index (χ4n) is 7.92. The van der Waals surface area contributed by atoms with E-state index in [1.165, 1.54) is 23.9 Å². The summed E-state index contributed by atoms with van der Waals surface area (Å²) in [5.74, 6) is -0.164. The van der Waals surface area contributed by atoms with Gasteiger partial charge in [0.05, 0.1) is 21.6 Å². The smallest absolute Gasteiger partial charge is 0.293 e. The first-order chi connectivity index (χ1) is 27.0. The van der Waals surface area contributed by atoms with Crippen LogP contribution < -0.4 is 19.7 Å². The fraction of sp³-hybridized carbons (Fsp3) is 0.350. The van der Waals surface area contributed by atoms with E-state index in [9.17, 15) is 23.3 Å². The first-order valence-electron chi connectivity index (χ1n) is 18.7. The van der Waals surface area contributed by atoms with E-state index in [-0.39, 0.29) is 28.3 Å². The number of rotatable bonds is 12. The molecule has 8 rings (SSSR count). The van der Waals surface area contributed by atoms with Gasteiger partial charge in [-0.3, -0.25) is 19.8 Å². The SMILES string of the molecule is O=C(NS(=O)(=O)c1ccc(NCC2CCOCC2)c([N+](=O)[O-])c1)c1ccc(N2CCC3(CC2)CN(Cc2ccc(Cl)cc2)C3)cc1Oc1cnc2[nH]ccc2c1. The molecule has 0 radical (unpaired) electrons. The van der Waals surface area contributed by atoms with Gasteiger partial charge in [-0.25, -0.2) is 18.1 Å². The zero-order valence-corrected chi connectivity index (χ0v) is 32.2. The number of aromatic nitrogens is 2. The Morgan fingerprint density at radius 1 is 1.04 bits per heavy atom. The number of hydrogen-bond donors (Lipinski definition) is 3. The van der Waals surface area contributed by atoms with Crippen LogP contribution in [0.5, 0.6) is 11.5 Å². The maximum Gasteiger partial charge on any atom is 0.293 e. The van der Waals surface area contributed by atoms with Crippen LogP contribution in [0.15, 0.2) is 90.1 Å². The van der Waals surface area contributed by atoms with Gasteiger partial charge in [0.25, 0.3) is 21.6 Å². The van der Waals surface area contributed by atoms with Gasteiger partial charge >= 0.3 is 0 Å². The molecule has 5 aromatic rings. The molecule has 3 saturated heterocycles. The molecule has 16 heteroatoms. The summed E-state index contributed by atoms with van der Waals surface area (Å²) in [5.41, 5.74) is 2.75. The number of hydrogen-bond acceptors (Lipinski definition) is 11. The largest absolute Gasteiger partial charge is 0.455 e. The molecule has 14 nitrogen and oxygen atoms in total. The number of anilines is 2. The maximum absolute atomic E-state index is 13.8. The summed E-state index contributed by atoms with van der Waals surface area (Å²) in [6.45, 7) is 6.31. The number of nitro benzene ring substituents is 1. The highest BCUT2D eigenvalue weighted by atomic mass is 35.5. The molecule has 292 valence electrons. The predicted molar refractivity (Wildman–Crippen MR) is 213 cm³/mol. The number of piperidine rings is 1. The molecule has 0 bridgehead atoms. The van der Waals surface area contributed by atoms with Gasteiger partial charge in [-0.05, 0) is 91.1 Å². The molecule has 1 amide bonds. The third kappa shape index (κ3) is 8.31. The highest BCUT2D eigenvalue weighted by Crippen LogP contribution is 2.43. The lowest BCUT2D eigenvalue weighted by molar-refractivity contribution is -0.384. The van der Waals surface area contributed by atoms with Crippen molar-refractivity contribution in [2.24, 2.45) is 11.3 Å². The molecule has 2 aromatic heterocycles. The van der Waals surface area contributed by atoms with Crippen LogP contribution in [-0.4, -0.2) is 80.1 Å². The van der Waals surface area contributed by atoms with Crippen molar-refractivity contribution in [3.05, 3.63) is 111 Å². The predicted octanol–water partition coefficient (Wildman–Crippen LogP) is 6.98. The Morgan fingerprint density at radius 2 is 1.80 bits per heavy atom. The summed E-state index contributed by atoms with van der Waals surface area (Å²) in [6.07, 6.45) is 6.95. The highest BCUT2D eigenvalue weighted by molar-refractivity contribution is 7.90. The molecule has 3 aliphatic heterocycles. The standard InChI is InChI=1S/C40H42ClN7O7S/c41-30-3-1-28(2-4-30)24-46-25-40(26-46)12-15-47(16-13-40)31-5-7-34(37(20-31)55-32-19-29-9-14-42-38(29)44-23-32)39(49)45-56(52,53)33-6-8-35(36(21-33)48(50)51)43-22-27-10-17-54-18-11-27/h1-9,14,19-21,23,27,43H,10-13,15-18,22,24-26H2,(H,42,44)(H,45,49). The molecular weight excluding hydrogens is 758 g/mol. The van der Waals surface area contributed by atoms with Gasteiger partial charge in [0.1, 0.15) is 22.8 Å². The van der Waals surface area contributed by atoms with Crippen LogP contribution >= 0.6 is 11.6 Å². The number of carbonyl (C=O) groups excluding carboxylic acids is 1. The second kappa shape index (κ2) is 15.7. The summed E-state index contributed by atoms with van der Waals surface area (Å²) >= 11 is 6.06. The molecule has 0 saturated carbocycles. The van der Waals surface area contributed by atoms with Crippen LogP contribution in [0.2, 0.25) is 5.02 Å². The molecule has 0 aliphatic carbocycles. The third-order valence-electron chi connectivity index (χ3n) is 11.1. The fourth-order valence-corrected chi connectivity index (χ4v) is 9.03. The Morgan fingerprint density at radius 3 is 2.55 bits per heavy atom. The molecule has 3 N–H and O–H groups in total. The van der Waals surface area contributed by atoms with Crippen LogP contribution in [0, 0.1) is 21.4 Å². The summed E-state index contributed by atoms with van der Waals surface area (Å²) in [7, 11) is -4.53. The number of aromatic amines is 1. The number of halogens is 1. The Labute approximate surface area is 329 Å². The van der Waals surface area contributed by atoms with Crippen LogP contribution in [0.4, 0.5) is 17.1 Å². The molecule has 56 heavy (non-hydrogen) atoms. The highest BCUT2D eigenvalue weighted by Gasteiger charge is 2.44. The minimum absolute atomic E-state index is 0.0268. The van der Waals surface area contributed by atoms with Crippen LogP contribution in [0.25, 0.3) is 11.0 Å². The summed E-state index contributed by atoms with van der Waals surface area (Å²) in [5, 5.41) is 16.6. The van der Waals surface area contributed by atoms with E-state index < -0.39 is 31.4 Å². The zero-order valence-electron chi connectivity index (χ0n) is 30.6. The Bertz CT molecular complexity index is 2350. The number of sulfonamides is 1. The number of nitro groups is 1. The topological polar surface area (TPSA) is 172 Å². The van der Waals surface area contributed by atoms with Crippen LogP contribution in [0.1, 0.15) is 41.6 Å². The molecule has 3 aromatic carbocycles. The van der Waals surface area contributed by atoms with Crippen molar-refractivity contribution in [2.75, 3.05) is 56.2 Å². The van der Waals surface area contributed by atoms with Crippen molar-refractivity contribution in [1.29, 1.82) is 0 Å². The Hall–Kier alpha value is -5.22. The van der Waals surface area contributed by atoms with Gasteiger partial charge in [0.2, 0.25) is 0 Å². The van der Waals surface area contributed by atoms with Crippen molar-refractivity contribution >= 4 is 55.6 Å². The number of nitrogens with zero attached hydrogens (tertiary/aromatic N) is 4. The lowest BCUT2D eigenvalue weighted by Crippen LogP contribution is -2.59. The van der Waals surface area contributed by atoms with Crippen molar-refractivity contribution in [1.82, 2.24) is 19.6 Å². The maximum atomic E-state index is 13.8. The average molecular weight is 800 g/mol. The lowest BCUT2D eigenvalue weighted by Gasteiger charge is -2.54. The Kier molecular flexibility index (Phi) is 10.6. The monoisotopic (exact) mass is 799 g/mol. The number of amides is 1. The van der Waals surface area contributed by atoms with E-state index in [1.807, 2.05) is 18.2 Å². The van der Waals surface area contributed by atoms with Crippen molar-refractivity contribution in [3.8, 4) is 11.5 Å². The first-order valence-corrected chi connectivity index (χ1v) is 20.5. The number of pyridine rings is 1. The average Bonchev–Trinajstić information content (AvgIpc) is 3.66. The van der Waals surface area contributed by atoms with Gasteiger partial charge in [-0.15, -0.1) is 0 Å². The van der Waals surface area contributed by atoms with Gasteiger partial charge < -0.3 is 24.7 Å². The van der Waals surface area contributed by atoms with E-state index in [4.69, 9.17) is 21.1 Å². The van der Waals surface area contributed by atoms with E-state index in [0.29, 0.717) is 31.2 Å². The zero-order chi connectivity index (χ0) is 38.9. The summed E-state index contributed by atoms with van der Waals surface area (Å²) < 4.78 is 40.9. The number of H-pyrrole nitrogens is 1. The second-order valence-electron chi connectivity index (χ2n) is 14.9. The molecule has 0 atom stereocenters. The van der Waals surface area contributed by atoms with Crippen molar-refractivity contribution < 1.29 is 27.6 Å². The summed E-state index contributed by atoms with van der Waals surface area (Å²) in [4.78, 5) is 36.9. The minimum Gasteiger partial charge on any atom is -0.455 e. The van der Waals surface area contributed by atoms with Crippen molar-refractivity contribution in [3.63, 3.8) is 0 Å². The molecule has 3 fully saturated rings. The molecule has 1 spiro atoms. The van der Waals surface area contributed by atoms with Gasteiger partial charge in [0, 0.05) is 86.9 Å². The first kappa shape index (κ1) is 37.7. The van der Waals surface area contributed by atoms with Gasteiger partial charge in [-0.1, -0.05) is 23.7 Å². The van der Waals surface area contributed by atoms with Crippen LogP contribution in [-0.2, 0) is 21.3 Å². The molecule has 0 unspecified atom stereocenters. The minimum atomic E-state index is -4.53. The molecule has 5 heterocycles. The second-order valence-corrected chi connectivity index (χ2v) is 17.1. The van der Waals surface area contributed by atoms with E-state index >= 15 is 0 Å². The Balaban J connectivity index is 0.985. The number of fused-ring (bicyclic) bond motifs is 1.